The van der Waals surface area contributed by atoms with Crippen molar-refractivity contribution in [3.05, 3.63) is 70.6 Å². The second-order valence-electron chi connectivity index (χ2n) is 8.30. The van der Waals surface area contributed by atoms with E-state index in [1.54, 1.807) is 11.5 Å². The van der Waals surface area contributed by atoms with E-state index in [1.807, 2.05) is 51.9 Å². The number of para-hydroxylation sites is 2. The lowest BCUT2D eigenvalue weighted by Gasteiger charge is -2.33. The number of imidazole rings is 1. The number of rotatable bonds is 6. The summed E-state index contributed by atoms with van der Waals surface area (Å²) in [5, 5.41) is 4.54. The van der Waals surface area contributed by atoms with Gasteiger partial charge in [-0.3, -0.25) is 4.79 Å². The number of aromatic nitrogens is 4. The fraction of sp³-hybridized carbons (Fsp3) is 0.375. The van der Waals surface area contributed by atoms with Crippen LogP contribution in [0.15, 0.2) is 59.4 Å². The molecule has 166 valence electrons. The Hall–Kier alpha value is -3.39. The van der Waals surface area contributed by atoms with Gasteiger partial charge in [-0.2, -0.15) is 0 Å². The molecule has 0 unspecified atom stereocenters. The summed E-state index contributed by atoms with van der Waals surface area (Å²) < 4.78 is 10.1. The maximum absolute atomic E-state index is 13.2. The Labute approximate surface area is 185 Å². The molecule has 5 rings (SSSR count). The van der Waals surface area contributed by atoms with E-state index in [2.05, 4.69) is 17.2 Å². The lowest BCUT2D eigenvalue weighted by Crippen LogP contribution is -2.42. The number of hydrogen-bond donors (Lipinski definition) is 0. The van der Waals surface area contributed by atoms with Gasteiger partial charge in [-0.15, -0.1) is 5.10 Å². The quantitative estimate of drug-likeness (QED) is 0.468. The van der Waals surface area contributed by atoms with Crippen molar-refractivity contribution >= 4 is 22.7 Å². The molecular weight excluding hydrogens is 406 g/mol. The van der Waals surface area contributed by atoms with Gasteiger partial charge < -0.3 is 14.2 Å². The van der Waals surface area contributed by atoms with Gasteiger partial charge in [-0.05, 0) is 30.5 Å². The number of methoxy groups -OCH3 is 1. The number of ether oxygens (including phenoxy) is 1. The van der Waals surface area contributed by atoms with E-state index in [-0.39, 0.29) is 18.1 Å². The van der Waals surface area contributed by atoms with Gasteiger partial charge in [0.2, 0.25) is 11.7 Å². The standard InChI is InChI=1S/C24H27N5O3/c1-32-15-14-27-20-11-5-6-12-21(20)29-23(27)25-28(24(29)31)17-22(30)26-13-7-10-19(16-26)18-8-3-2-4-9-18/h2-6,8-9,11-12,19H,7,10,13-17H2,1H3/t19-/m1/s1. The van der Waals surface area contributed by atoms with E-state index in [4.69, 9.17) is 4.74 Å². The zero-order valence-electron chi connectivity index (χ0n) is 18.2. The first-order chi connectivity index (χ1) is 15.7. The van der Waals surface area contributed by atoms with Gasteiger partial charge >= 0.3 is 5.69 Å². The molecule has 8 heteroatoms. The molecule has 0 aliphatic carbocycles. The Morgan fingerprint density at radius 3 is 2.62 bits per heavy atom. The van der Waals surface area contributed by atoms with Crippen molar-refractivity contribution in [2.45, 2.75) is 31.8 Å². The highest BCUT2D eigenvalue weighted by Gasteiger charge is 2.26. The summed E-state index contributed by atoms with van der Waals surface area (Å²) in [6.07, 6.45) is 2.02. The number of benzene rings is 2. The number of amides is 1. The van der Waals surface area contributed by atoms with Crippen LogP contribution in [-0.4, -0.2) is 56.4 Å². The lowest BCUT2D eigenvalue weighted by atomic mass is 9.90. The van der Waals surface area contributed by atoms with Gasteiger partial charge in [0.05, 0.1) is 17.6 Å². The Bertz CT molecular complexity index is 1300. The predicted octanol–water partition coefficient (Wildman–Crippen LogP) is 2.50. The lowest BCUT2D eigenvalue weighted by molar-refractivity contribution is -0.133. The van der Waals surface area contributed by atoms with E-state index in [9.17, 15) is 9.59 Å². The van der Waals surface area contributed by atoms with E-state index in [0.717, 1.165) is 23.9 Å². The second kappa shape index (κ2) is 8.63. The zero-order chi connectivity index (χ0) is 22.1. The number of carbonyl (C=O) groups is 1. The first-order valence-corrected chi connectivity index (χ1v) is 11.1. The van der Waals surface area contributed by atoms with Gasteiger partial charge in [0, 0.05) is 32.7 Å². The topological polar surface area (TPSA) is 73.8 Å². The molecule has 1 amide bonds. The van der Waals surface area contributed by atoms with Crippen LogP contribution >= 0.6 is 0 Å². The Kier molecular flexibility index (Phi) is 5.53. The van der Waals surface area contributed by atoms with Crippen LogP contribution in [0.3, 0.4) is 0 Å². The van der Waals surface area contributed by atoms with Gasteiger partial charge in [0.25, 0.3) is 0 Å². The van der Waals surface area contributed by atoms with Crippen molar-refractivity contribution in [1.29, 1.82) is 0 Å². The number of hydrogen-bond acceptors (Lipinski definition) is 4. The Morgan fingerprint density at radius 1 is 1.09 bits per heavy atom. The minimum absolute atomic E-state index is 0.0549. The number of fused-ring (bicyclic) bond motifs is 3. The van der Waals surface area contributed by atoms with E-state index < -0.39 is 0 Å². The van der Waals surface area contributed by atoms with Crippen LogP contribution in [0.1, 0.15) is 24.3 Å². The minimum atomic E-state index is -0.294. The van der Waals surface area contributed by atoms with Gasteiger partial charge in [0.1, 0.15) is 6.54 Å². The predicted molar refractivity (Wildman–Crippen MR) is 122 cm³/mol. The molecule has 2 aromatic carbocycles. The van der Waals surface area contributed by atoms with Crippen LogP contribution in [0.25, 0.3) is 16.8 Å². The zero-order valence-corrected chi connectivity index (χ0v) is 18.2. The molecular formula is C24H27N5O3. The normalized spacial score (nSPS) is 16.8. The third-order valence-electron chi connectivity index (χ3n) is 6.33. The highest BCUT2D eigenvalue weighted by Crippen LogP contribution is 2.27. The average Bonchev–Trinajstić information content (AvgIpc) is 3.32. The average molecular weight is 434 g/mol. The molecule has 8 nitrogen and oxygen atoms in total. The molecule has 32 heavy (non-hydrogen) atoms. The summed E-state index contributed by atoms with van der Waals surface area (Å²) in [7, 11) is 1.65. The monoisotopic (exact) mass is 433 g/mol. The van der Waals surface area contributed by atoms with Crippen LogP contribution in [0.5, 0.6) is 0 Å². The van der Waals surface area contributed by atoms with Gasteiger partial charge in [0.15, 0.2) is 0 Å². The Morgan fingerprint density at radius 2 is 1.84 bits per heavy atom. The molecule has 0 radical (unpaired) electrons. The highest BCUT2D eigenvalue weighted by molar-refractivity contribution is 5.81. The van der Waals surface area contributed by atoms with Crippen molar-refractivity contribution in [1.82, 2.24) is 23.6 Å². The van der Waals surface area contributed by atoms with E-state index >= 15 is 0 Å². The summed E-state index contributed by atoms with van der Waals surface area (Å²) in [6, 6.07) is 18.0. The largest absolute Gasteiger partial charge is 0.383 e. The fourth-order valence-corrected chi connectivity index (χ4v) is 4.71. The van der Waals surface area contributed by atoms with Crippen LogP contribution in [0, 0.1) is 0 Å². The van der Waals surface area contributed by atoms with E-state index in [0.29, 0.717) is 37.9 Å². The molecule has 1 aliphatic heterocycles. The molecule has 1 atom stereocenters. The van der Waals surface area contributed by atoms with Crippen molar-refractivity contribution in [2.24, 2.45) is 0 Å². The first kappa shape index (κ1) is 20.5. The smallest absolute Gasteiger partial charge is 0.352 e. The molecule has 0 spiro atoms. The van der Waals surface area contributed by atoms with Gasteiger partial charge in [-0.1, -0.05) is 42.5 Å². The molecule has 1 saturated heterocycles. The molecule has 3 heterocycles. The fourth-order valence-electron chi connectivity index (χ4n) is 4.71. The minimum Gasteiger partial charge on any atom is -0.383 e. The van der Waals surface area contributed by atoms with Crippen molar-refractivity contribution < 1.29 is 9.53 Å². The molecule has 0 N–H and O–H groups in total. The summed E-state index contributed by atoms with van der Waals surface area (Å²) >= 11 is 0. The van der Waals surface area contributed by atoms with Crippen LogP contribution in [0.2, 0.25) is 0 Å². The number of likely N-dealkylation sites (tertiary alicyclic amines) is 1. The van der Waals surface area contributed by atoms with Crippen molar-refractivity contribution in [2.75, 3.05) is 26.8 Å². The van der Waals surface area contributed by atoms with Gasteiger partial charge in [-0.25, -0.2) is 13.9 Å². The maximum Gasteiger partial charge on any atom is 0.352 e. The van der Waals surface area contributed by atoms with E-state index in [1.165, 1.54) is 10.2 Å². The Balaban J connectivity index is 1.42. The van der Waals surface area contributed by atoms with Crippen LogP contribution < -0.4 is 5.69 Å². The van der Waals surface area contributed by atoms with Crippen molar-refractivity contribution in [3.63, 3.8) is 0 Å². The number of piperidine rings is 1. The second-order valence-corrected chi connectivity index (χ2v) is 8.30. The van der Waals surface area contributed by atoms with Crippen LogP contribution in [0.4, 0.5) is 0 Å². The SMILES string of the molecule is COCCn1c2ccccc2n2c(=O)n(CC(=O)N3CCC[C@@H](c4ccccc4)C3)nc12. The number of carbonyl (C=O) groups excluding carboxylic acids is 1. The molecule has 0 saturated carbocycles. The highest BCUT2D eigenvalue weighted by atomic mass is 16.5. The number of nitrogens with zero attached hydrogens (tertiary/aromatic N) is 5. The van der Waals surface area contributed by atoms with Crippen LogP contribution in [-0.2, 0) is 22.6 Å². The molecule has 2 aromatic heterocycles. The van der Waals surface area contributed by atoms with Crippen molar-refractivity contribution in [3.8, 4) is 0 Å². The summed E-state index contributed by atoms with van der Waals surface area (Å²) in [5.41, 5.74) is 2.67. The molecule has 1 aliphatic rings. The summed E-state index contributed by atoms with van der Waals surface area (Å²) in [5.74, 6) is 0.789. The molecule has 0 bridgehead atoms. The maximum atomic E-state index is 13.2. The molecule has 1 fully saturated rings. The first-order valence-electron chi connectivity index (χ1n) is 11.1. The third-order valence-corrected chi connectivity index (χ3v) is 6.33. The summed E-state index contributed by atoms with van der Waals surface area (Å²) in [6.45, 7) is 2.41. The molecule has 4 aromatic rings. The third kappa shape index (κ3) is 3.60. The summed E-state index contributed by atoms with van der Waals surface area (Å²) in [4.78, 5) is 28.2.